The minimum Gasteiger partial charge on any atom is -0.310 e. The van der Waals surface area contributed by atoms with Gasteiger partial charge in [-0.3, -0.25) is 0 Å². The molecule has 0 amide bonds. The Kier molecular flexibility index (Phi) is 10.3. The van der Waals surface area contributed by atoms with Gasteiger partial charge in [0.25, 0.3) is 0 Å². The molecule has 0 N–H and O–H groups in total. The SMILES string of the molecule is CC1(C)c2cc(-c3c4ccccc4c(-c4ccccc4)c4ccccc34)ccc2N(c2ccccc2)c2cc3c(cc21)N(c1ccccc1)c1ccc(-c2c4ccccc4c(-c4ccccc4)c4ccccc24)cc1C3(C)C. The highest BCUT2D eigenvalue weighted by atomic mass is 15.2. The Morgan fingerprint density at radius 2 is 0.462 bits per heavy atom. The second-order valence-electron chi connectivity index (χ2n) is 22.4. The van der Waals surface area contributed by atoms with Crippen LogP contribution in [-0.4, -0.2) is 0 Å². The summed E-state index contributed by atoms with van der Waals surface area (Å²) in [5.41, 5.74) is 21.4. The van der Waals surface area contributed by atoms with E-state index in [-0.39, 0.29) is 0 Å². The summed E-state index contributed by atoms with van der Waals surface area (Å²) < 4.78 is 0. The topological polar surface area (TPSA) is 6.48 Å². The molecule has 0 fully saturated rings. The molecule has 2 nitrogen and oxygen atoms in total. The van der Waals surface area contributed by atoms with E-state index < -0.39 is 10.8 Å². The van der Waals surface area contributed by atoms with Crippen molar-refractivity contribution < 1.29 is 0 Å². The molecule has 0 saturated heterocycles. The molecule has 2 aliphatic rings. The van der Waals surface area contributed by atoms with Crippen LogP contribution in [0.3, 0.4) is 0 Å². The van der Waals surface area contributed by atoms with Crippen molar-refractivity contribution in [1.82, 2.24) is 0 Å². The molecule has 78 heavy (non-hydrogen) atoms. The van der Waals surface area contributed by atoms with Crippen LogP contribution in [0.5, 0.6) is 0 Å². The molecule has 0 unspecified atom stereocenters. The summed E-state index contributed by atoms with van der Waals surface area (Å²) in [5.74, 6) is 0. The number of anilines is 6. The van der Waals surface area contributed by atoms with Gasteiger partial charge in [-0.15, -0.1) is 0 Å². The van der Waals surface area contributed by atoms with Gasteiger partial charge in [0.2, 0.25) is 0 Å². The first-order valence-corrected chi connectivity index (χ1v) is 27.4. The van der Waals surface area contributed by atoms with Gasteiger partial charge in [-0.2, -0.15) is 0 Å². The monoisotopic (exact) mass is 996 g/mol. The molecule has 2 heteroatoms. The highest BCUT2D eigenvalue weighted by Gasteiger charge is 2.43. The van der Waals surface area contributed by atoms with Gasteiger partial charge in [0, 0.05) is 22.2 Å². The standard InChI is InChI=1S/C76H56N2/c1-75(2)63-45-51(73-59-37-21-17-33-55(59)71(49-25-9-5-10-26-49)56-34-18-22-38-60(56)73)41-43-67(63)77(53-29-13-7-14-30-53)69-48-66-70(47-65(69)75)78(54-31-15-8-16-32-54)68-44-42-52(46-64(68)76(66,3)4)74-61-39-23-19-35-57(61)72(50-27-11-6-12-28-50)58-36-20-24-40-62(58)74/h5-48H,1-4H3. The van der Waals surface area contributed by atoms with Crippen molar-refractivity contribution in [2.24, 2.45) is 0 Å². The third kappa shape index (κ3) is 6.82. The fourth-order valence-corrected chi connectivity index (χ4v) is 13.7. The van der Waals surface area contributed by atoms with E-state index in [9.17, 15) is 0 Å². The largest absolute Gasteiger partial charge is 0.310 e. The summed E-state index contributed by atoms with van der Waals surface area (Å²) in [7, 11) is 0. The van der Waals surface area contributed by atoms with E-state index in [2.05, 4.69) is 304 Å². The summed E-state index contributed by atoms with van der Waals surface area (Å²) in [6.45, 7) is 9.76. The molecule has 0 bridgehead atoms. The lowest BCUT2D eigenvalue weighted by molar-refractivity contribution is 0.615. The second kappa shape index (κ2) is 17.5. The average molecular weight is 997 g/mol. The molecule has 0 radical (unpaired) electrons. The molecule has 370 valence electrons. The Morgan fingerprint density at radius 1 is 0.218 bits per heavy atom. The van der Waals surface area contributed by atoms with Crippen molar-refractivity contribution in [3.8, 4) is 44.5 Å². The van der Waals surface area contributed by atoms with Crippen LogP contribution in [0.2, 0.25) is 0 Å². The summed E-state index contributed by atoms with van der Waals surface area (Å²) >= 11 is 0. The van der Waals surface area contributed by atoms with Crippen molar-refractivity contribution in [3.05, 3.63) is 289 Å². The Bertz CT molecular complexity index is 4130. The van der Waals surface area contributed by atoms with Gasteiger partial charge in [0.1, 0.15) is 0 Å². The normalized spacial score (nSPS) is 14.1. The Hall–Kier alpha value is -9.50. The molecule has 13 aromatic carbocycles. The fraction of sp³-hybridized carbons (Fsp3) is 0.0789. The summed E-state index contributed by atoms with van der Waals surface area (Å²) in [4.78, 5) is 5.08. The van der Waals surface area contributed by atoms with Crippen molar-refractivity contribution >= 4 is 77.2 Å². The van der Waals surface area contributed by atoms with Crippen LogP contribution < -0.4 is 9.80 Å². The van der Waals surface area contributed by atoms with Gasteiger partial charge in [-0.05, 0) is 171 Å². The van der Waals surface area contributed by atoms with Crippen molar-refractivity contribution in [2.75, 3.05) is 9.80 Å². The zero-order valence-electron chi connectivity index (χ0n) is 44.3. The third-order valence-corrected chi connectivity index (χ3v) is 17.4. The molecular formula is C76H56N2. The molecule has 0 saturated carbocycles. The molecule has 0 aromatic heterocycles. The fourth-order valence-electron chi connectivity index (χ4n) is 13.7. The lowest BCUT2D eigenvalue weighted by atomic mass is 9.68. The maximum absolute atomic E-state index is 2.55. The maximum atomic E-state index is 2.55. The molecule has 15 rings (SSSR count). The van der Waals surface area contributed by atoms with Crippen LogP contribution in [0.4, 0.5) is 34.1 Å². The second-order valence-corrected chi connectivity index (χ2v) is 22.4. The van der Waals surface area contributed by atoms with Crippen LogP contribution >= 0.6 is 0 Å². The van der Waals surface area contributed by atoms with Crippen molar-refractivity contribution in [1.29, 1.82) is 0 Å². The van der Waals surface area contributed by atoms with Crippen molar-refractivity contribution in [2.45, 2.75) is 38.5 Å². The zero-order chi connectivity index (χ0) is 52.3. The first-order valence-electron chi connectivity index (χ1n) is 27.4. The summed E-state index contributed by atoms with van der Waals surface area (Å²) in [6.07, 6.45) is 0. The molecule has 2 heterocycles. The van der Waals surface area contributed by atoms with E-state index in [0.29, 0.717) is 0 Å². The highest BCUT2D eigenvalue weighted by molar-refractivity contribution is 6.23. The summed E-state index contributed by atoms with van der Waals surface area (Å²) in [6, 6.07) is 99.5. The smallest absolute Gasteiger partial charge is 0.0507 e. The van der Waals surface area contributed by atoms with Crippen LogP contribution in [0, 0.1) is 0 Å². The van der Waals surface area contributed by atoms with Crippen LogP contribution in [0.1, 0.15) is 49.9 Å². The first-order chi connectivity index (χ1) is 38.3. The van der Waals surface area contributed by atoms with Gasteiger partial charge in [0.05, 0.1) is 22.7 Å². The summed E-state index contributed by atoms with van der Waals surface area (Å²) in [5, 5.41) is 10.1. The minimum atomic E-state index is -0.402. The molecule has 2 aliphatic heterocycles. The number of hydrogen-bond donors (Lipinski definition) is 0. The third-order valence-electron chi connectivity index (χ3n) is 17.4. The van der Waals surface area contributed by atoms with Crippen molar-refractivity contribution in [3.63, 3.8) is 0 Å². The number of benzene rings is 13. The number of fused-ring (bicyclic) bond motifs is 8. The van der Waals surface area contributed by atoms with Gasteiger partial charge >= 0.3 is 0 Å². The van der Waals surface area contributed by atoms with E-state index in [4.69, 9.17) is 0 Å². The van der Waals surface area contributed by atoms with Gasteiger partial charge in [-0.25, -0.2) is 0 Å². The molecular weight excluding hydrogens is 941 g/mol. The van der Waals surface area contributed by atoms with Crippen LogP contribution in [-0.2, 0) is 10.8 Å². The lowest BCUT2D eigenvalue weighted by Crippen LogP contribution is -2.35. The minimum absolute atomic E-state index is 0.402. The van der Waals surface area contributed by atoms with Gasteiger partial charge in [0.15, 0.2) is 0 Å². The number of para-hydroxylation sites is 2. The Balaban J connectivity index is 0.949. The number of rotatable bonds is 6. The van der Waals surface area contributed by atoms with E-state index in [1.165, 1.54) is 133 Å². The lowest BCUT2D eigenvalue weighted by Gasteiger charge is -2.47. The molecule has 13 aromatic rings. The number of hydrogen-bond acceptors (Lipinski definition) is 2. The Labute approximate surface area is 456 Å². The van der Waals surface area contributed by atoms with E-state index in [1.54, 1.807) is 0 Å². The maximum Gasteiger partial charge on any atom is 0.0507 e. The Morgan fingerprint density at radius 3 is 0.756 bits per heavy atom. The molecule has 0 spiro atoms. The molecule has 0 aliphatic carbocycles. The van der Waals surface area contributed by atoms with E-state index in [1.807, 2.05) is 0 Å². The van der Waals surface area contributed by atoms with Gasteiger partial charge in [-0.1, -0.05) is 234 Å². The predicted molar refractivity (Wildman–Crippen MR) is 332 cm³/mol. The predicted octanol–water partition coefficient (Wildman–Crippen LogP) is 21.2. The van der Waals surface area contributed by atoms with E-state index in [0.717, 1.165) is 11.4 Å². The zero-order valence-corrected chi connectivity index (χ0v) is 44.3. The average Bonchev–Trinajstić information content (AvgIpc) is 3.54. The number of nitrogens with zero attached hydrogens (tertiary/aromatic N) is 2. The van der Waals surface area contributed by atoms with Crippen LogP contribution in [0.15, 0.2) is 267 Å². The quantitative estimate of drug-likeness (QED) is 0.153. The van der Waals surface area contributed by atoms with Gasteiger partial charge < -0.3 is 9.80 Å². The highest BCUT2D eigenvalue weighted by Crippen LogP contribution is 2.60. The molecule has 0 atom stereocenters. The first kappa shape index (κ1) is 45.9. The van der Waals surface area contributed by atoms with Crippen LogP contribution in [0.25, 0.3) is 87.6 Å². The van der Waals surface area contributed by atoms with E-state index >= 15 is 0 Å².